The summed E-state index contributed by atoms with van der Waals surface area (Å²) in [5, 5.41) is 2.94. The van der Waals surface area contributed by atoms with Gasteiger partial charge in [0.1, 0.15) is 5.60 Å². The van der Waals surface area contributed by atoms with E-state index in [4.69, 9.17) is 18.9 Å². The molecule has 1 aliphatic carbocycles. The standard InChI is InChI=1S/C23H28N2O6/c1-28-16-10-13(11-17(29-2)20(16)30-3)24-21(26)18-15-8-9-23(31-15)12-25(22(27)19(18)23)14-6-4-5-7-14/h8-11,14-15,18-19H,4-7,12H2,1-3H3,(H,24,26)/t15-,18+,19-,23-/m1/s1. The molecule has 1 spiro atoms. The van der Waals surface area contributed by atoms with E-state index >= 15 is 0 Å². The van der Waals surface area contributed by atoms with Gasteiger partial charge in [-0.15, -0.1) is 0 Å². The number of fused-ring (bicyclic) bond motifs is 1. The molecule has 31 heavy (non-hydrogen) atoms. The molecule has 4 aliphatic rings. The van der Waals surface area contributed by atoms with Crippen molar-refractivity contribution in [3.8, 4) is 17.2 Å². The smallest absolute Gasteiger partial charge is 0.231 e. The van der Waals surface area contributed by atoms with Crippen molar-refractivity contribution in [1.29, 1.82) is 0 Å². The minimum absolute atomic E-state index is 0.0452. The Kier molecular flexibility index (Phi) is 4.84. The number of nitrogens with zero attached hydrogens (tertiary/aromatic N) is 1. The van der Waals surface area contributed by atoms with Crippen molar-refractivity contribution in [2.24, 2.45) is 11.8 Å². The average Bonchev–Trinajstić information content (AvgIpc) is 3.54. The lowest BCUT2D eigenvalue weighted by molar-refractivity contribution is -0.137. The highest BCUT2D eigenvalue weighted by molar-refractivity contribution is 5.99. The number of likely N-dealkylation sites (tertiary alicyclic amines) is 1. The number of carbonyl (C=O) groups is 2. The molecule has 0 aromatic heterocycles. The molecule has 2 bridgehead atoms. The van der Waals surface area contributed by atoms with Gasteiger partial charge in [0.15, 0.2) is 11.5 Å². The van der Waals surface area contributed by atoms with Gasteiger partial charge in [-0.2, -0.15) is 0 Å². The van der Waals surface area contributed by atoms with Gasteiger partial charge in [-0.1, -0.05) is 25.0 Å². The van der Waals surface area contributed by atoms with E-state index in [1.54, 1.807) is 12.1 Å². The predicted octanol–water partition coefficient (Wildman–Crippen LogP) is 2.38. The zero-order chi connectivity index (χ0) is 21.8. The lowest BCUT2D eigenvalue weighted by atomic mass is 9.76. The first kappa shape index (κ1) is 20.2. The third-order valence-electron chi connectivity index (χ3n) is 7.13. The summed E-state index contributed by atoms with van der Waals surface area (Å²) in [6.45, 7) is 0.544. The Bertz CT molecular complexity index is 915. The van der Waals surface area contributed by atoms with Crippen LogP contribution in [0.25, 0.3) is 0 Å². The number of rotatable bonds is 6. The molecule has 1 aromatic rings. The fraction of sp³-hybridized carbons (Fsp3) is 0.565. The maximum absolute atomic E-state index is 13.4. The second-order valence-electron chi connectivity index (χ2n) is 8.71. The largest absolute Gasteiger partial charge is 0.493 e. The van der Waals surface area contributed by atoms with Crippen LogP contribution in [0.2, 0.25) is 0 Å². The van der Waals surface area contributed by atoms with Crippen molar-refractivity contribution in [3.05, 3.63) is 24.3 Å². The minimum Gasteiger partial charge on any atom is -0.493 e. The van der Waals surface area contributed by atoms with Crippen LogP contribution >= 0.6 is 0 Å². The normalized spacial score (nSPS) is 31.3. The van der Waals surface area contributed by atoms with Crippen LogP contribution in [0.15, 0.2) is 24.3 Å². The molecule has 4 atom stereocenters. The van der Waals surface area contributed by atoms with E-state index in [1.807, 2.05) is 17.1 Å². The van der Waals surface area contributed by atoms with Crippen LogP contribution < -0.4 is 19.5 Å². The van der Waals surface area contributed by atoms with E-state index in [1.165, 1.54) is 21.3 Å². The fourth-order valence-electron chi connectivity index (χ4n) is 5.73. The predicted molar refractivity (Wildman–Crippen MR) is 112 cm³/mol. The van der Waals surface area contributed by atoms with Crippen molar-refractivity contribution >= 4 is 17.5 Å². The molecule has 1 saturated carbocycles. The molecule has 3 aliphatic heterocycles. The van der Waals surface area contributed by atoms with E-state index < -0.39 is 17.4 Å². The van der Waals surface area contributed by atoms with Gasteiger partial charge in [-0.05, 0) is 12.8 Å². The van der Waals surface area contributed by atoms with Crippen molar-refractivity contribution < 1.29 is 28.5 Å². The first-order chi connectivity index (χ1) is 15.0. The van der Waals surface area contributed by atoms with Gasteiger partial charge in [-0.25, -0.2) is 0 Å². The fourth-order valence-corrected chi connectivity index (χ4v) is 5.73. The summed E-state index contributed by atoms with van der Waals surface area (Å²) >= 11 is 0. The first-order valence-corrected chi connectivity index (χ1v) is 10.8. The van der Waals surface area contributed by atoms with Gasteiger partial charge in [0.2, 0.25) is 17.6 Å². The number of amides is 2. The molecular formula is C23H28N2O6. The average molecular weight is 428 g/mol. The summed E-state index contributed by atoms with van der Waals surface area (Å²) in [5.74, 6) is 0.101. The molecule has 1 aromatic carbocycles. The van der Waals surface area contributed by atoms with Gasteiger partial charge >= 0.3 is 0 Å². The minimum atomic E-state index is -0.679. The Morgan fingerprint density at radius 2 is 1.81 bits per heavy atom. The molecule has 8 nitrogen and oxygen atoms in total. The highest BCUT2D eigenvalue weighted by Crippen LogP contribution is 2.53. The molecule has 3 heterocycles. The first-order valence-electron chi connectivity index (χ1n) is 10.8. The number of benzene rings is 1. The number of carbonyl (C=O) groups excluding carboxylic acids is 2. The van der Waals surface area contributed by atoms with E-state index in [2.05, 4.69) is 5.32 Å². The van der Waals surface area contributed by atoms with E-state index in [0.717, 1.165) is 25.7 Å². The van der Waals surface area contributed by atoms with Gasteiger partial charge in [0.05, 0.1) is 45.8 Å². The number of nitrogens with one attached hydrogen (secondary N) is 1. The highest BCUT2D eigenvalue weighted by atomic mass is 16.5. The van der Waals surface area contributed by atoms with Crippen LogP contribution in [0.5, 0.6) is 17.2 Å². The molecule has 0 radical (unpaired) electrons. The molecule has 2 amide bonds. The van der Waals surface area contributed by atoms with E-state index in [9.17, 15) is 9.59 Å². The molecule has 3 fully saturated rings. The molecule has 166 valence electrons. The Balaban J connectivity index is 1.40. The second-order valence-corrected chi connectivity index (χ2v) is 8.71. The monoisotopic (exact) mass is 428 g/mol. The Morgan fingerprint density at radius 3 is 2.42 bits per heavy atom. The van der Waals surface area contributed by atoms with Crippen LogP contribution in [-0.4, -0.2) is 62.3 Å². The summed E-state index contributed by atoms with van der Waals surface area (Å²) in [6, 6.07) is 3.63. The number of hydrogen-bond acceptors (Lipinski definition) is 6. The summed E-state index contributed by atoms with van der Waals surface area (Å²) in [5.41, 5.74) is -0.167. The van der Waals surface area contributed by atoms with Crippen LogP contribution in [0, 0.1) is 11.8 Å². The third kappa shape index (κ3) is 2.99. The Morgan fingerprint density at radius 1 is 1.13 bits per heavy atom. The van der Waals surface area contributed by atoms with Gasteiger partial charge < -0.3 is 29.2 Å². The van der Waals surface area contributed by atoms with Gasteiger partial charge in [0.25, 0.3) is 0 Å². The van der Waals surface area contributed by atoms with Crippen LogP contribution in [0.3, 0.4) is 0 Å². The van der Waals surface area contributed by atoms with Crippen molar-refractivity contribution in [2.45, 2.75) is 43.4 Å². The third-order valence-corrected chi connectivity index (χ3v) is 7.13. The maximum atomic E-state index is 13.4. The zero-order valence-electron chi connectivity index (χ0n) is 18.1. The number of hydrogen-bond donors (Lipinski definition) is 1. The molecule has 1 N–H and O–H groups in total. The van der Waals surface area contributed by atoms with Crippen molar-refractivity contribution in [2.75, 3.05) is 33.2 Å². The quantitative estimate of drug-likeness (QED) is 0.700. The molecule has 5 rings (SSSR count). The zero-order valence-corrected chi connectivity index (χ0v) is 18.1. The SMILES string of the molecule is COc1cc(NC(=O)[C@H]2[C@H]3C=C[C@]4(CN(C5CCCC5)C(=O)[C@@H]24)O3)cc(OC)c1OC. The van der Waals surface area contributed by atoms with Crippen LogP contribution in [-0.2, 0) is 14.3 Å². The van der Waals surface area contributed by atoms with E-state index in [0.29, 0.717) is 29.5 Å². The highest BCUT2D eigenvalue weighted by Gasteiger charge is 2.67. The topological polar surface area (TPSA) is 86.3 Å². The van der Waals surface area contributed by atoms with Gasteiger partial charge in [0, 0.05) is 23.9 Å². The molecule has 2 saturated heterocycles. The van der Waals surface area contributed by atoms with Crippen LogP contribution in [0.4, 0.5) is 5.69 Å². The number of methoxy groups -OCH3 is 3. The summed E-state index contributed by atoms with van der Waals surface area (Å²) < 4.78 is 22.3. The van der Waals surface area contributed by atoms with Crippen molar-refractivity contribution in [3.63, 3.8) is 0 Å². The maximum Gasteiger partial charge on any atom is 0.231 e. The summed E-state index contributed by atoms with van der Waals surface area (Å²) in [4.78, 5) is 28.7. The molecule has 8 heteroatoms. The summed E-state index contributed by atoms with van der Waals surface area (Å²) in [7, 11) is 4.57. The van der Waals surface area contributed by atoms with E-state index in [-0.39, 0.29) is 24.0 Å². The number of anilines is 1. The lowest BCUT2D eigenvalue weighted by Crippen LogP contribution is -2.42. The van der Waals surface area contributed by atoms with Gasteiger partial charge in [-0.3, -0.25) is 9.59 Å². The molecular weight excluding hydrogens is 400 g/mol. The second kappa shape index (κ2) is 7.44. The number of ether oxygens (including phenoxy) is 4. The molecule has 0 unspecified atom stereocenters. The Hall–Kier alpha value is -2.74. The Labute approximate surface area is 181 Å². The van der Waals surface area contributed by atoms with Crippen molar-refractivity contribution in [1.82, 2.24) is 4.90 Å². The lowest BCUT2D eigenvalue weighted by Gasteiger charge is -2.27. The summed E-state index contributed by atoms with van der Waals surface area (Å²) in [6.07, 6.45) is 7.91. The van der Waals surface area contributed by atoms with Crippen LogP contribution in [0.1, 0.15) is 25.7 Å².